The van der Waals surface area contributed by atoms with Gasteiger partial charge in [-0.15, -0.1) is 0 Å². The van der Waals surface area contributed by atoms with E-state index in [1.807, 2.05) is 30.3 Å². The molecule has 0 aliphatic heterocycles. The molecule has 0 aliphatic carbocycles. The maximum atomic E-state index is 13.5. The van der Waals surface area contributed by atoms with E-state index in [0.29, 0.717) is 34.5 Å². The molecule has 0 atom stereocenters. The summed E-state index contributed by atoms with van der Waals surface area (Å²) >= 11 is 7.02. The van der Waals surface area contributed by atoms with Crippen LogP contribution in [-0.4, -0.2) is 18.9 Å². The average molecular weight is 531 g/mol. The summed E-state index contributed by atoms with van der Waals surface area (Å²) in [5.74, 6) is 1.08. The highest BCUT2D eigenvalue weighted by Gasteiger charge is 2.19. The van der Waals surface area contributed by atoms with Crippen molar-refractivity contribution in [2.75, 3.05) is 13.9 Å². The Kier molecular flexibility index (Phi) is 6.32. The molecule has 0 spiro atoms. The second kappa shape index (κ2) is 9.12. The minimum atomic E-state index is -0.0831. The quantitative estimate of drug-likeness (QED) is 0.288. The van der Waals surface area contributed by atoms with Crippen LogP contribution in [0.1, 0.15) is 11.1 Å². The lowest BCUT2D eigenvalue weighted by Crippen LogP contribution is -2.12. The van der Waals surface area contributed by atoms with Crippen LogP contribution in [-0.2, 0) is 11.2 Å². The molecule has 0 fully saturated rings. The summed E-state index contributed by atoms with van der Waals surface area (Å²) in [5, 5.41) is 0.494. The van der Waals surface area contributed by atoms with Gasteiger partial charge in [0.1, 0.15) is 17.1 Å². The van der Waals surface area contributed by atoms with E-state index >= 15 is 0 Å². The zero-order chi connectivity index (χ0) is 21.1. The number of pyridine rings is 1. The average Bonchev–Trinajstić information content (AvgIpc) is 2.74. The zero-order valence-electron chi connectivity index (χ0n) is 16.0. The van der Waals surface area contributed by atoms with Gasteiger partial charge in [0.25, 0.3) is 0 Å². The van der Waals surface area contributed by atoms with Crippen LogP contribution in [0.2, 0.25) is 0 Å². The van der Waals surface area contributed by atoms with Crippen molar-refractivity contribution in [2.24, 2.45) is 0 Å². The number of halogens is 2. The molecule has 0 amide bonds. The van der Waals surface area contributed by atoms with Crippen molar-refractivity contribution < 1.29 is 13.9 Å². The van der Waals surface area contributed by atoms with E-state index in [2.05, 4.69) is 36.8 Å². The van der Waals surface area contributed by atoms with Gasteiger partial charge in [-0.2, -0.15) is 0 Å². The van der Waals surface area contributed by atoms with Crippen LogP contribution in [0.5, 0.6) is 5.75 Å². The summed E-state index contributed by atoms with van der Waals surface area (Å²) in [6.45, 7) is 0.112. The maximum Gasteiger partial charge on any atom is 0.196 e. The Labute approximate surface area is 189 Å². The standard InChI is InChI=1S/C23H17Br2NO4/c1-28-13-29-16-6-7-18-21(10-16)30-23(17-4-2-3-5-20(17)25)19(22(18)27)9-14-8-15(24)12-26-11-14/h2-8,10-12H,9,13H2,1H3. The number of hydrogen-bond acceptors (Lipinski definition) is 5. The smallest absolute Gasteiger partial charge is 0.196 e. The van der Waals surface area contributed by atoms with Crippen LogP contribution in [0.3, 0.4) is 0 Å². The summed E-state index contributed by atoms with van der Waals surface area (Å²) in [7, 11) is 1.55. The molecule has 0 unspecified atom stereocenters. The molecule has 2 aromatic carbocycles. The zero-order valence-corrected chi connectivity index (χ0v) is 19.2. The fourth-order valence-electron chi connectivity index (χ4n) is 3.21. The van der Waals surface area contributed by atoms with E-state index in [-0.39, 0.29) is 12.2 Å². The van der Waals surface area contributed by atoms with Gasteiger partial charge in [-0.05, 0) is 45.8 Å². The van der Waals surface area contributed by atoms with Gasteiger partial charge in [0.2, 0.25) is 0 Å². The third kappa shape index (κ3) is 4.33. The Balaban J connectivity index is 1.93. The highest BCUT2D eigenvalue weighted by molar-refractivity contribution is 9.10. The number of ether oxygens (including phenoxy) is 2. The Morgan fingerprint density at radius 1 is 1.07 bits per heavy atom. The van der Waals surface area contributed by atoms with Crippen LogP contribution in [0.4, 0.5) is 0 Å². The van der Waals surface area contributed by atoms with Gasteiger partial charge in [0, 0.05) is 52.1 Å². The molecule has 30 heavy (non-hydrogen) atoms. The minimum Gasteiger partial charge on any atom is -0.467 e. The van der Waals surface area contributed by atoms with Crippen molar-refractivity contribution >= 4 is 42.8 Å². The summed E-state index contributed by atoms with van der Waals surface area (Å²) in [6.07, 6.45) is 3.85. The fraction of sp³-hybridized carbons (Fsp3) is 0.130. The SMILES string of the molecule is COCOc1ccc2c(=O)c(Cc3cncc(Br)c3)c(-c3ccccc3Br)oc2c1. The molecule has 152 valence electrons. The number of fused-ring (bicyclic) bond motifs is 1. The van der Waals surface area contributed by atoms with Crippen molar-refractivity contribution in [3.05, 3.63) is 91.2 Å². The van der Waals surface area contributed by atoms with Crippen LogP contribution in [0, 0.1) is 0 Å². The van der Waals surface area contributed by atoms with Gasteiger partial charge >= 0.3 is 0 Å². The number of methoxy groups -OCH3 is 1. The molecule has 0 bridgehead atoms. The largest absolute Gasteiger partial charge is 0.467 e. The van der Waals surface area contributed by atoms with E-state index in [0.717, 1.165) is 20.1 Å². The molecule has 0 saturated carbocycles. The van der Waals surface area contributed by atoms with E-state index in [1.165, 1.54) is 0 Å². The molecule has 0 radical (unpaired) electrons. The molecule has 4 aromatic rings. The third-order valence-electron chi connectivity index (χ3n) is 4.56. The second-order valence-corrected chi connectivity index (χ2v) is 8.39. The number of rotatable bonds is 6. The molecule has 2 aromatic heterocycles. The molecule has 0 saturated heterocycles. The summed E-state index contributed by atoms with van der Waals surface area (Å²) in [6, 6.07) is 14.8. The molecule has 2 heterocycles. The van der Waals surface area contributed by atoms with Crippen LogP contribution in [0.25, 0.3) is 22.3 Å². The topological polar surface area (TPSA) is 61.6 Å². The van der Waals surface area contributed by atoms with Crippen LogP contribution < -0.4 is 10.2 Å². The Hall–Kier alpha value is -2.48. The predicted molar refractivity (Wildman–Crippen MR) is 123 cm³/mol. The molecule has 4 rings (SSSR count). The molecule has 0 aliphatic rings. The van der Waals surface area contributed by atoms with E-state index in [4.69, 9.17) is 13.9 Å². The van der Waals surface area contributed by atoms with Gasteiger partial charge < -0.3 is 13.9 Å². The van der Waals surface area contributed by atoms with Crippen molar-refractivity contribution in [2.45, 2.75) is 6.42 Å². The Morgan fingerprint density at radius 2 is 1.90 bits per heavy atom. The van der Waals surface area contributed by atoms with Crippen molar-refractivity contribution in [1.29, 1.82) is 0 Å². The first kappa shape index (κ1) is 20.8. The van der Waals surface area contributed by atoms with Gasteiger partial charge in [-0.25, -0.2) is 0 Å². The predicted octanol–water partition coefficient (Wildman–Crippen LogP) is 5.95. The summed E-state index contributed by atoms with van der Waals surface area (Å²) in [4.78, 5) is 17.7. The van der Waals surface area contributed by atoms with Gasteiger partial charge in [-0.3, -0.25) is 9.78 Å². The monoisotopic (exact) mass is 529 g/mol. The lowest BCUT2D eigenvalue weighted by atomic mass is 9.99. The second-order valence-electron chi connectivity index (χ2n) is 6.62. The lowest BCUT2D eigenvalue weighted by Gasteiger charge is -2.13. The number of aromatic nitrogens is 1. The molecular formula is C23H17Br2NO4. The molecule has 0 N–H and O–H groups in total. The van der Waals surface area contributed by atoms with Gasteiger partial charge in [0.15, 0.2) is 12.2 Å². The van der Waals surface area contributed by atoms with Crippen molar-refractivity contribution in [3.8, 4) is 17.1 Å². The number of nitrogens with zero attached hydrogens (tertiary/aromatic N) is 1. The first-order valence-electron chi connectivity index (χ1n) is 9.12. The maximum absolute atomic E-state index is 13.5. The number of hydrogen-bond donors (Lipinski definition) is 0. The van der Waals surface area contributed by atoms with Crippen molar-refractivity contribution in [3.63, 3.8) is 0 Å². The first-order valence-corrected chi connectivity index (χ1v) is 10.7. The third-order valence-corrected chi connectivity index (χ3v) is 5.69. The van der Waals surface area contributed by atoms with E-state index in [1.54, 1.807) is 37.7 Å². The van der Waals surface area contributed by atoms with Crippen molar-refractivity contribution in [1.82, 2.24) is 4.98 Å². The molecular weight excluding hydrogens is 514 g/mol. The van der Waals surface area contributed by atoms with E-state index in [9.17, 15) is 4.79 Å². The fourth-order valence-corrected chi connectivity index (χ4v) is 4.09. The minimum absolute atomic E-state index is 0.0831. The summed E-state index contributed by atoms with van der Waals surface area (Å²) < 4.78 is 18.4. The van der Waals surface area contributed by atoms with Gasteiger partial charge in [0.05, 0.1) is 5.39 Å². The lowest BCUT2D eigenvalue weighted by molar-refractivity contribution is 0.0512. The van der Waals surface area contributed by atoms with Crippen LogP contribution in [0.15, 0.2) is 79.1 Å². The normalized spacial score (nSPS) is 11.0. The summed E-state index contributed by atoms with van der Waals surface area (Å²) in [5.41, 5.74) is 2.65. The highest BCUT2D eigenvalue weighted by Crippen LogP contribution is 2.33. The van der Waals surface area contributed by atoms with Gasteiger partial charge in [-0.1, -0.05) is 34.1 Å². The van der Waals surface area contributed by atoms with Crippen LogP contribution >= 0.6 is 31.9 Å². The number of benzene rings is 2. The Morgan fingerprint density at radius 3 is 2.67 bits per heavy atom. The molecule has 5 nitrogen and oxygen atoms in total. The molecule has 7 heteroatoms. The highest BCUT2D eigenvalue weighted by atomic mass is 79.9. The first-order chi connectivity index (χ1) is 14.6. The Bertz CT molecular complexity index is 1270. The van der Waals surface area contributed by atoms with E-state index < -0.39 is 0 Å².